The van der Waals surface area contributed by atoms with E-state index in [-0.39, 0.29) is 18.5 Å². The molecule has 0 saturated heterocycles. The molecule has 0 aliphatic rings. The third kappa shape index (κ3) is 55.2. The van der Waals surface area contributed by atoms with Crippen molar-refractivity contribution in [1.29, 1.82) is 0 Å². The Morgan fingerprint density at radius 2 is 0.725 bits per heavy atom. The highest BCUT2D eigenvalue weighted by molar-refractivity contribution is 5.76. The number of ether oxygens (including phenoxy) is 1. The molecular formula is C63H119NO5. The maximum absolute atomic E-state index is 12.5. The number of aliphatic hydroxyl groups is 2. The lowest BCUT2D eigenvalue weighted by molar-refractivity contribution is -0.143. The largest absolute Gasteiger partial charge is 0.466 e. The second kappa shape index (κ2) is 58.6. The minimum absolute atomic E-state index is 0.0116. The fourth-order valence-electron chi connectivity index (χ4n) is 9.43. The van der Waals surface area contributed by atoms with Gasteiger partial charge in [0.2, 0.25) is 5.91 Å². The summed E-state index contributed by atoms with van der Waals surface area (Å²) >= 11 is 0. The van der Waals surface area contributed by atoms with Crippen molar-refractivity contribution in [1.82, 2.24) is 5.32 Å². The summed E-state index contributed by atoms with van der Waals surface area (Å²) in [6, 6.07) is -0.635. The van der Waals surface area contributed by atoms with Gasteiger partial charge < -0.3 is 20.3 Å². The molecule has 0 heterocycles. The van der Waals surface area contributed by atoms with E-state index in [1.54, 1.807) is 6.08 Å². The first-order chi connectivity index (χ1) is 34.0. The Kier molecular flexibility index (Phi) is 57.0. The molecule has 0 aliphatic heterocycles. The molecular weight excluding hydrogens is 851 g/mol. The molecule has 0 aromatic heterocycles. The molecule has 0 fully saturated rings. The van der Waals surface area contributed by atoms with E-state index in [1.807, 2.05) is 6.08 Å². The van der Waals surface area contributed by atoms with Gasteiger partial charge in [0.15, 0.2) is 0 Å². The molecule has 6 heteroatoms. The second-order valence-corrected chi connectivity index (χ2v) is 21.0. The van der Waals surface area contributed by atoms with E-state index in [9.17, 15) is 19.8 Å². The summed E-state index contributed by atoms with van der Waals surface area (Å²) in [6.07, 6.45) is 73.1. The SMILES string of the molecule is CCCCC/C=C\C/C=C\CCCCCCCC(=O)OCCCCCCCCCCCCCCCCCCC(=O)NC(CO)C(O)/C=C/CCCCCCCCCCCCCCCCCCCCC. The van der Waals surface area contributed by atoms with Crippen LogP contribution >= 0.6 is 0 Å². The van der Waals surface area contributed by atoms with Crippen LogP contribution in [0.2, 0.25) is 0 Å². The van der Waals surface area contributed by atoms with Gasteiger partial charge in [0.25, 0.3) is 0 Å². The number of aliphatic hydroxyl groups excluding tert-OH is 2. The zero-order chi connectivity index (χ0) is 50.0. The van der Waals surface area contributed by atoms with E-state index in [0.717, 1.165) is 57.8 Å². The summed E-state index contributed by atoms with van der Waals surface area (Å²) in [5.41, 5.74) is 0. The summed E-state index contributed by atoms with van der Waals surface area (Å²) in [7, 11) is 0. The molecule has 0 aromatic carbocycles. The van der Waals surface area contributed by atoms with Gasteiger partial charge >= 0.3 is 5.97 Å². The van der Waals surface area contributed by atoms with Gasteiger partial charge in [-0.1, -0.05) is 288 Å². The first kappa shape index (κ1) is 67.1. The van der Waals surface area contributed by atoms with Crippen molar-refractivity contribution >= 4 is 11.9 Å². The molecule has 6 nitrogen and oxygen atoms in total. The Morgan fingerprint density at radius 3 is 1.13 bits per heavy atom. The highest BCUT2D eigenvalue weighted by atomic mass is 16.5. The van der Waals surface area contributed by atoms with Crippen LogP contribution in [0.1, 0.15) is 328 Å². The predicted octanol–water partition coefficient (Wildman–Crippen LogP) is 19.2. The maximum Gasteiger partial charge on any atom is 0.305 e. The Labute approximate surface area is 430 Å². The van der Waals surface area contributed by atoms with Crippen molar-refractivity contribution in [3.63, 3.8) is 0 Å². The second-order valence-electron chi connectivity index (χ2n) is 21.0. The quantitative estimate of drug-likeness (QED) is 0.0321. The van der Waals surface area contributed by atoms with Crippen molar-refractivity contribution in [2.75, 3.05) is 13.2 Å². The standard InChI is InChI=1S/C63H119NO5/c1-3-5-7-9-11-13-15-17-19-20-21-22-23-24-28-31-35-39-43-47-51-55-61(66)60(59-65)64-62(67)56-52-48-44-40-36-32-29-25-26-30-34-38-42-46-50-54-58-69-63(68)57-53-49-45-41-37-33-27-18-16-14-12-10-8-6-4-2/h12,14,18,27,51,55,60-61,65-66H,3-11,13,15-17,19-26,28-50,52-54,56-59H2,1-2H3,(H,64,67)/b14-12-,27-18-,55-51+. The van der Waals surface area contributed by atoms with E-state index in [0.29, 0.717) is 19.4 Å². The molecule has 1 amide bonds. The van der Waals surface area contributed by atoms with E-state index in [4.69, 9.17) is 4.74 Å². The lowest BCUT2D eigenvalue weighted by Crippen LogP contribution is -2.45. The van der Waals surface area contributed by atoms with Gasteiger partial charge in [-0.15, -0.1) is 0 Å². The van der Waals surface area contributed by atoms with E-state index < -0.39 is 12.1 Å². The van der Waals surface area contributed by atoms with Gasteiger partial charge in [-0.2, -0.15) is 0 Å². The minimum Gasteiger partial charge on any atom is -0.466 e. The molecule has 2 unspecified atom stereocenters. The highest BCUT2D eigenvalue weighted by Crippen LogP contribution is 2.17. The normalized spacial score (nSPS) is 12.8. The van der Waals surface area contributed by atoms with Gasteiger partial charge in [0, 0.05) is 12.8 Å². The predicted molar refractivity (Wildman–Crippen MR) is 301 cm³/mol. The van der Waals surface area contributed by atoms with Crippen LogP contribution in [0.3, 0.4) is 0 Å². The number of rotatable bonds is 57. The van der Waals surface area contributed by atoms with Crippen LogP contribution in [0.15, 0.2) is 36.5 Å². The third-order valence-electron chi connectivity index (χ3n) is 14.2. The molecule has 2 atom stereocenters. The first-order valence-corrected chi connectivity index (χ1v) is 30.8. The zero-order valence-corrected chi connectivity index (χ0v) is 46.3. The molecule has 0 aliphatic carbocycles. The smallest absolute Gasteiger partial charge is 0.305 e. The number of hydrogen-bond acceptors (Lipinski definition) is 5. The van der Waals surface area contributed by atoms with Gasteiger partial charge in [-0.05, 0) is 64.2 Å². The lowest BCUT2D eigenvalue weighted by atomic mass is 10.0. The average Bonchev–Trinajstić information content (AvgIpc) is 3.35. The van der Waals surface area contributed by atoms with Crippen LogP contribution in [-0.4, -0.2) is 47.4 Å². The summed E-state index contributed by atoms with van der Waals surface area (Å²) in [6.45, 7) is 4.88. The zero-order valence-electron chi connectivity index (χ0n) is 46.3. The fourth-order valence-corrected chi connectivity index (χ4v) is 9.43. The highest BCUT2D eigenvalue weighted by Gasteiger charge is 2.18. The van der Waals surface area contributed by atoms with E-state index in [1.165, 1.54) is 244 Å². The monoisotopic (exact) mass is 970 g/mol. The van der Waals surface area contributed by atoms with Crippen LogP contribution in [0, 0.1) is 0 Å². The first-order valence-electron chi connectivity index (χ1n) is 30.8. The van der Waals surface area contributed by atoms with E-state index >= 15 is 0 Å². The number of hydrogen-bond donors (Lipinski definition) is 3. The van der Waals surface area contributed by atoms with Crippen LogP contribution < -0.4 is 5.32 Å². The molecule has 406 valence electrons. The number of esters is 1. The van der Waals surface area contributed by atoms with Crippen molar-refractivity contribution in [2.45, 2.75) is 341 Å². The topological polar surface area (TPSA) is 95.9 Å². The molecule has 0 saturated carbocycles. The Balaban J connectivity index is 3.47. The molecule has 0 rings (SSSR count). The number of allylic oxidation sites excluding steroid dienone is 5. The minimum atomic E-state index is -0.851. The number of amides is 1. The maximum atomic E-state index is 12.5. The molecule has 0 bridgehead atoms. The molecule has 0 spiro atoms. The van der Waals surface area contributed by atoms with Gasteiger partial charge in [-0.3, -0.25) is 9.59 Å². The van der Waals surface area contributed by atoms with Crippen LogP contribution in [0.5, 0.6) is 0 Å². The van der Waals surface area contributed by atoms with Crippen molar-refractivity contribution in [3.8, 4) is 0 Å². The Morgan fingerprint density at radius 1 is 0.406 bits per heavy atom. The third-order valence-corrected chi connectivity index (χ3v) is 14.2. The number of carbonyl (C=O) groups is 2. The number of unbranched alkanes of at least 4 members (excludes halogenated alkanes) is 42. The van der Waals surface area contributed by atoms with Crippen molar-refractivity contribution in [3.05, 3.63) is 36.5 Å². The summed E-state index contributed by atoms with van der Waals surface area (Å²) in [5, 5.41) is 23.2. The number of nitrogens with one attached hydrogen (secondary N) is 1. The fraction of sp³-hybridized carbons (Fsp3) is 0.873. The van der Waals surface area contributed by atoms with Crippen molar-refractivity contribution < 1.29 is 24.5 Å². The van der Waals surface area contributed by atoms with Crippen LogP contribution in [0.4, 0.5) is 0 Å². The summed E-state index contributed by atoms with van der Waals surface area (Å²) in [5.74, 6) is -0.0844. The van der Waals surface area contributed by atoms with Crippen molar-refractivity contribution in [2.24, 2.45) is 0 Å². The molecule has 3 N–H and O–H groups in total. The lowest BCUT2D eigenvalue weighted by Gasteiger charge is -2.20. The van der Waals surface area contributed by atoms with Gasteiger partial charge in [-0.25, -0.2) is 0 Å². The molecule has 0 aromatic rings. The molecule has 0 radical (unpaired) electrons. The number of carbonyl (C=O) groups excluding carboxylic acids is 2. The Bertz CT molecular complexity index is 1120. The van der Waals surface area contributed by atoms with Crippen LogP contribution in [0.25, 0.3) is 0 Å². The molecule has 69 heavy (non-hydrogen) atoms. The van der Waals surface area contributed by atoms with Gasteiger partial charge in [0.05, 0.1) is 25.4 Å². The Hall–Kier alpha value is -1.92. The summed E-state index contributed by atoms with van der Waals surface area (Å²) in [4.78, 5) is 24.5. The van der Waals surface area contributed by atoms with E-state index in [2.05, 4.69) is 43.5 Å². The van der Waals surface area contributed by atoms with Gasteiger partial charge in [0.1, 0.15) is 0 Å². The van der Waals surface area contributed by atoms with Crippen LogP contribution in [-0.2, 0) is 14.3 Å². The average molecular weight is 971 g/mol. The summed E-state index contributed by atoms with van der Waals surface area (Å²) < 4.78 is 5.47.